The molecule has 1 aliphatic heterocycles. The molecule has 0 spiro atoms. The molecule has 3 N–H and O–H groups in total. The maximum atomic E-state index is 11.6. The number of rotatable bonds is 7. The van der Waals surface area contributed by atoms with Gasteiger partial charge in [0.2, 0.25) is 17.5 Å². The number of H-pyrrole nitrogens is 1. The van der Waals surface area contributed by atoms with Crippen molar-refractivity contribution in [3.05, 3.63) is 70.1 Å². The molecular formula is C23H22N4O6. The average molecular weight is 450 g/mol. The summed E-state index contributed by atoms with van der Waals surface area (Å²) in [6.45, 7) is 4.19. The SMILES string of the molecule is CCOc1cc(C2C(C#N)=C(N)Oc3n[nH]c(C)c32)ccc1OCc1ccc(C(=O)OC)o1. The number of hydrogen-bond acceptors (Lipinski definition) is 9. The monoisotopic (exact) mass is 450 g/mol. The van der Waals surface area contributed by atoms with Crippen LogP contribution in [0, 0.1) is 18.3 Å². The van der Waals surface area contributed by atoms with Gasteiger partial charge in [-0.2, -0.15) is 5.26 Å². The van der Waals surface area contributed by atoms with Crippen molar-refractivity contribution in [3.63, 3.8) is 0 Å². The molecule has 0 bridgehead atoms. The third-order valence-electron chi connectivity index (χ3n) is 5.15. The second kappa shape index (κ2) is 9.00. The zero-order chi connectivity index (χ0) is 23.5. The standard InChI is InChI=1S/C23H22N4O6/c1-4-30-18-9-13(20-15(10-24)21(25)33-22-19(20)12(2)26-27-22)5-7-16(18)31-11-14-6-8-17(32-14)23(28)29-3/h5-9,20H,4,11,25H2,1-3H3,(H,26,27). The summed E-state index contributed by atoms with van der Waals surface area (Å²) in [4.78, 5) is 11.6. The minimum absolute atomic E-state index is 0.0130. The van der Waals surface area contributed by atoms with Crippen molar-refractivity contribution in [2.24, 2.45) is 5.73 Å². The second-order valence-electron chi connectivity index (χ2n) is 7.18. The Morgan fingerprint density at radius 3 is 2.82 bits per heavy atom. The number of nitriles is 1. The van der Waals surface area contributed by atoms with Crippen LogP contribution in [0.15, 0.2) is 46.2 Å². The van der Waals surface area contributed by atoms with Crippen LogP contribution in [-0.4, -0.2) is 29.9 Å². The maximum Gasteiger partial charge on any atom is 0.373 e. The van der Waals surface area contributed by atoms with Crippen LogP contribution < -0.4 is 19.9 Å². The van der Waals surface area contributed by atoms with Gasteiger partial charge in [0.15, 0.2) is 11.5 Å². The summed E-state index contributed by atoms with van der Waals surface area (Å²) in [5.41, 5.74) is 8.56. The molecule has 0 fully saturated rings. The molecule has 1 aliphatic rings. The van der Waals surface area contributed by atoms with Gasteiger partial charge < -0.3 is 29.1 Å². The van der Waals surface area contributed by atoms with E-state index in [0.29, 0.717) is 29.7 Å². The second-order valence-corrected chi connectivity index (χ2v) is 7.18. The van der Waals surface area contributed by atoms with Gasteiger partial charge >= 0.3 is 5.97 Å². The predicted molar refractivity (Wildman–Crippen MR) is 115 cm³/mol. The molecule has 10 nitrogen and oxygen atoms in total. The third kappa shape index (κ3) is 4.08. The van der Waals surface area contributed by atoms with E-state index >= 15 is 0 Å². The highest BCUT2D eigenvalue weighted by Crippen LogP contribution is 2.44. The first-order valence-electron chi connectivity index (χ1n) is 10.2. The number of aryl methyl sites for hydroxylation is 1. The number of aromatic amines is 1. The number of allylic oxidation sites excluding steroid dienone is 1. The number of hydrogen-bond donors (Lipinski definition) is 2. The fourth-order valence-electron chi connectivity index (χ4n) is 3.64. The van der Waals surface area contributed by atoms with E-state index in [1.54, 1.807) is 18.2 Å². The highest BCUT2D eigenvalue weighted by molar-refractivity contribution is 5.86. The molecule has 0 radical (unpaired) electrons. The van der Waals surface area contributed by atoms with E-state index in [2.05, 4.69) is 21.0 Å². The fraction of sp³-hybridized carbons (Fsp3) is 0.261. The first-order valence-corrected chi connectivity index (χ1v) is 10.2. The van der Waals surface area contributed by atoms with Gasteiger partial charge in [-0.15, -0.1) is 5.10 Å². The zero-order valence-corrected chi connectivity index (χ0v) is 18.3. The van der Waals surface area contributed by atoms with Gasteiger partial charge in [0, 0.05) is 11.3 Å². The molecule has 1 unspecified atom stereocenters. The van der Waals surface area contributed by atoms with Crippen molar-refractivity contribution >= 4 is 5.97 Å². The van der Waals surface area contributed by atoms with Gasteiger partial charge in [-0.3, -0.25) is 5.10 Å². The molecule has 33 heavy (non-hydrogen) atoms. The quantitative estimate of drug-likeness (QED) is 0.518. The van der Waals surface area contributed by atoms with Crippen LogP contribution in [-0.2, 0) is 11.3 Å². The summed E-state index contributed by atoms with van der Waals surface area (Å²) in [5.74, 6) is 0.821. The van der Waals surface area contributed by atoms with Crippen molar-refractivity contribution in [3.8, 4) is 23.4 Å². The lowest BCUT2D eigenvalue weighted by molar-refractivity contribution is 0.0561. The van der Waals surface area contributed by atoms with Gasteiger partial charge in [0.05, 0.1) is 19.6 Å². The number of benzene rings is 1. The molecule has 170 valence electrons. The molecular weight excluding hydrogens is 428 g/mol. The lowest BCUT2D eigenvalue weighted by Crippen LogP contribution is -2.21. The Morgan fingerprint density at radius 2 is 2.09 bits per heavy atom. The molecule has 3 aromatic rings. The van der Waals surface area contributed by atoms with E-state index in [1.165, 1.54) is 13.2 Å². The molecule has 1 atom stereocenters. The number of esters is 1. The summed E-state index contributed by atoms with van der Waals surface area (Å²) >= 11 is 0. The Kier molecular flexibility index (Phi) is 5.95. The van der Waals surface area contributed by atoms with E-state index in [4.69, 9.17) is 24.4 Å². The summed E-state index contributed by atoms with van der Waals surface area (Å²) in [5, 5.41) is 16.8. The Labute approximate surface area is 189 Å². The lowest BCUT2D eigenvalue weighted by atomic mass is 9.84. The molecule has 4 rings (SSSR count). The number of methoxy groups -OCH3 is 1. The first-order chi connectivity index (χ1) is 16.0. The number of carbonyl (C=O) groups is 1. The molecule has 3 heterocycles. The minimum atomic E-state index is -0.563. The zero-order valence-electron chi connectivity index (χ0n) is 18.3. The summed E-state index contributed by atoms with van der Waals surface area (Å²) in [6, 6.07) is 10.7. The molecule has 2 aromatic heterocycles. The molecule has 0 aliphatic carbocycles. The average Bonchev–Trinajstić information content (AvgIpc) is 3.44. The van der Waals surface area contributed by atoms with Gasteiger partial charge in [-0.1, -0.05) is 6.07 Å². The van der Waals surface area contributed by atoms with Crippen molar-refractivity contribution < 1.29 is 28.2 Å². The topological polar surface area (TPSA) is 146 Å². The number of nitrogens with one attached hydrogen (secondary N) is 1. The van der Waals surface area contributed by atoms with Crippen LogP contribution >= 0.6 is 0 Å². The maximum absolute atomic E-state index is 11.6. The number of nitrogens with two attached hydrogens (primary N) is 1. The van der Waals surface area contributed by atoms with Gasteiger partial charge in [-0.25, -0.2) is 4.79 Å². The molecule has 0 saturated carbocycles. The molecule has 0 saturated heterocycles. The van der Waals surface area contributed by atoms with Gasteiger partial charge in [0.1, 0.15) is 24.0 Å². The summed E-state index contributed by atoms with van der Waals surface area (Å²) < 4.78 is 27.3. The van der Waals surface area contributed by atoms with Crippen molar-refractivity contribution in [2.45, 2.75) is 26.4 Å². The Balaban J connectivity index is 1.65. The first kappa shape index (κ1) is 21.8. The van der Waals surface area contributed by atoms with E-state index in [1.807, 2.05) is 19.9 Å². The lowest BCUT2D eigenvalue weighted by Gasteiger charge is -2.24. The van der Waals surface area contributed by atoms with Crippen molar-refractivity contribution in [1.29, 1.82) is 5.26 Å². The normalized spacial score (nSPS) is 14.8. The third-order valence-corrected chi connectivity index (χ3v) is 5.15. The van der Waals surface area contributed by atoms with Crippen LogP contribution in [0.25, 0.3) is 0 Å². The van der Waals surface area contributed by atoms with Crippen LogP contribution in [0.3, 0.4) is 0 Å². The molecule has 1 aromatic carbocycles. The van der Waals surface area contributed by atoms with E-state index in [9.17, 15) is 10.1 Å². The summed E-state index contributed by atoms with van der Waals surface area (Å²) in [7, 11) is 1.28. The van der Waals surface area contributed by atoms with E-state index in [0.717, 1.165) is 16.8 Å². The smallest absolute Gasteiger partial charge is 0.373 e. The van der Waals surface area contributed by atoms with Crippen LogP contribution in [0.2, 0.25) is 0 Å². The highest BCUT2D eigenvalue weighted by Gasteiger charge is 2.34. The van der Waals surface area contributed by atoms with Crippen LogP contribution in [0.1, 0.15) is 46.0 Å². The highest BCUT2D eigenvalue weighted by atomic mass is 16.5. The minimum Gasteiger partial charge on any atom is -0.490 e. The number of ether oxygens (including phenoxy) is 4. The Morgan fingerprint density at radius 1 is 1.27 bits per heavy atom. The fourth-order valence-corrected chi connectivity index (χ4v) is 3.64. The van der Waals surface area contributed by atoms with E-state index in [-0.39, 0.29) is 23.8 Å². The summed E-state index contributed by atoms with van der Waals surface area (Å²) in [6.07, 6.45) is 0. The van der Waals surface area contributed by atoms with Crippen molar-refractivity contribution in [2.75, 3.05) is 13.7 Å². The number of nitrogens with zero attached hydrogens (tertiary/aromatic N) is 2. The number of aromatic nitrogens is 2. The molecule has 10 heteroatoms. The predicted octanol–water partition coefficient (Wildman–Crippen LogP) is 3.29. The van der Waals surface area contributed by atoms with Crippen LogP contribution in [0.5, 0.6) is 17.4 Å². The van der Waals surface area contributed by atoms with E-state index < -0.39 is 11.9 Å². The Hall–Kier alpha value is -4.39. The van der Waals surface area contributed by atoms with Gasteiger partial charge in [-0.05, 0) is 43.7 Å². The van der Waals surface area contributed by atoms with Gasteiger partial charge in [0.25, 0.3) is 0 Å². The van der Waals surface area contributed by atoms with Crippen molar-refractivity contribution in [1.82, 2.24) is 10.2 Å². The molecule has 0 amide bonds. The van der Waals surface area contributed by atoms with Crippen LogP contribution in [0.4, 0.5) is 0 Å². The number of carbonyl (C=O) groups excluding carboxylic acids is 1. The number of fused-ring (bicyclic) bond motifs is 1. The largest absolute Gasteiger partial charge is 0.490 e. The Bertz CT molecular complexity index is 1270. The number of furan rings is 1.